The van der Waals surface area contributed by atoms with Crippen LogP contribution in [0.15, 0.2) is 24.3 Å². The first-order valence-corrected chi connectivity index (χ1v) is 10.0. The van der Waals surface area contributed by atoms with Crippen LogP contribution in [0.5, 0.6) is 0 Å². The quantitative estimate of drug-likeness (QED) is 0.548. The van der Waals surface area contributed by atoms with Crippen LogP contribution in [0, 0.1) is 11.6 Å². The van der Waals surface area contributed by atoms with Gasteiger partial charge in [0, 0.05) is 10.9 Å². The van der Waals surface area contributed by atoms with Crippen molar-refractivity contribution in [3.63, 3.8) is 0 Å². The number of amides is 1. The van der Waals surface area contributed by atoms with Crippen LogP contribution < -0.4 is 10.8 Å². The van der Waals surface area contributed by atoms with Gasteiger partial charge < -0.3 is 14.0 Å². The second-order valence-corrected chi connectivity index (χ2v) is 9.67. The molecule has 2 aromatic carbocycles. The minimum atomic E-state index is -1.95. The molecule has 1 atom stereocenters. The van der Waals surface area contributed by atoms with Gasteiger partial charge in [-0.3, -0.25) is 5.32 Å². The zero-order valence-corrected chi connectivity index (χ0v) is 18.7. The van der Waals surface area contributed by atoms with Crippen molar-refractivity contribution in [2.75, 3.05) is 0 Å². The molecule has 3 rings (SSSR count). The Bertz CT molecular complexity index is 1000. The first kappa shape index (κ1) is 23.4. The largest absolute Gasteiger partial charge is 0.495 e. The molecule has 0 aromatic heterocycles. The third kappa shape index (κ3) is 4.67. The first-order valence-electron chi connectivity index (χ1n) is 10.0. The molecule has 1 amide bonds. The van der Waals surface area contributed by atoms with E-state index in [2.05, 4.69) is 5.32 Å². The zero-order valence-electron chi connectivity index (χ0n) is 18.7. The Morgan fingerprint density at radius 2 is 1.68 bits per heavy atom. The van der Waals surface area contributed by atoms with Crippen LogP contribution in [0.3, 0.4) is 0 Å². The molecule has 1 aliphatic rings. The third-order valence-electron chi connectivity index (χ3n) is 5.50. The fraction of sp³-hybridized carbons (Fsp3) is 0.500. The van der Waals surface area contributed by atoms with E-state index in [1.807, 2.05) is 27.7 Å². The van der Waals surface area contributed by atoms with Crippen LogP contribution in [-0.4, -0.2) is 30.0 Å². The molecule has 0 aliphatic carbocycles. The number of carbonyl (C=O) groups is 1. The lowest BCUT2D eigenvalue weighted by Crippen LogP contribution is -2.41. The Hall–Kier alpha value is -2.26. The minimum Gasteiger partial charge on any atom is -0.444 e. The number of alkyl halides is 1. The molecular formula is C22H27BF3NO4. The summed E-state index contributed by atoms with van der Waals surface area (Å²) in [6.45, 7) is 12.2. The molecule has 0 spiro atoms. The molecule has 5 nitrogen and oxygen atoms in total. The summed E-state index contributed by atoms with van der Waals surface area (Å²) in [6.07, 6.45) is -2.89. The van der Waals surface area contributed by atoms with Crippen molar-refractivity contribution in [2.45, 2.75) is 71.6 Å². The molecule has 1 unspecified atom stereocenters. The van der Waals surface area contributed by atoms with Gasteiger partial charge in [-0.1, -0.05) is 12.1 Å². The SMILES string of the molecule is CC(C)(C)OC(=O)NC(F)c1cc(B2OC(C)(C)C(C)(C)O2)c2c(F)c(F)ccc2c1. The lowest BCUT2D eigenvalue weighted by atomic mass is 9.75. The normalized spacial score (nSPS) is 18.8. The van der Waals surface area contributed by atoms with E-state index in [4.69, 9.17) is 14.0 Å². The molecule has 1 fully saturated rings. The van der Waals surface area contributed by atoms with Crippen molar-refractivity contribution in [1.82, 2.24) is 5.32 Å². The highest BCUT2D eigenvalue weighted by Crippen LogP contribution is 2.37. The maximum absolute atomic E-state index is 15.0. The van der Waals surface area contributed by atoms with Gasteiger partial charge in [0.2, 0.25) is 6.30 Å². The average Bonchev–Trinajstić information content (AvgIpc) is 2.83. The summed E-state index contributed by atoms with van der Waals surface area (Å²) in [4.78, 5) is 12.0. The van der Waals surface area contributed by atoms with E-state index in [1.165, 1.54) is 18.2 Å². The fourth-order valence-electron chi connectivity index (χ4n) is 3.25. The molecule has 1 N–H and O–H groups in total. The number of fused-ring (bicyclic) bond motifs is 1. The van der Waals surface area contributed by atoms with E-state index in [0.29, 0.717) is 0 Å². The predicted octanol–water partition coefficient (Wildman–Crippen LogP) is 4.91. The standard InChI is InChI=1S/C22H27BF3NO4/c1-20(2,3)29-19(28)27-18(26)13-10-12-8-9-15(24)17(25)16(12)14(11-13)23-30-21(4,5)22(6,7)31-23/h8-11,18H,1-7H3,(H,27,28). The number of hydrogen-bond donors (Lipinski definition) is 1. The van der Waals surface area contributed by atoms with E-state index in [1.54, 1.807) is 20.8 Å². The first-order chi connectivity index (χ1) is 14.1. The van der Waals surface area contributed by atoms with Gasteiger partial charge in [0.25, 0.3) is 0 Å². The van der Waals surface area contributed by atoms with Crippen molar-refractivity contribution >= 4 is 29.4 Å². The number of nitrogens with one attached hydrogen (secondary N) is 1. The number of benzene rings is 2. The lowest BCUT2D eigenvalue weighted by Gasteiger charge is -2.32. The summed E-state index contributed by atoms with van der Waals surface area (Å²) in [5.41, 5.74) is -2.13. The molecule has 2 aromatic rings. The molecule has 168 valence electrons. The maximum Gasteiger partial charge on any atom is 0.495 e. The van der Waals surface area contributed by atoms with Crippen molar-refractivity contribution < 1.29 is 32.0 Å². The van der Waals surface area contributed by atoms with Crippen LogP contribution in [0.4, 0.5) is 18.0 Å². The van der Waals surface area contributed by atoms with Crippen molar-refractivity contribution in [3.05, 3.63) is 41.5 Å². The maximum atomic E-state index is 15.0. The van der Waals surface area contributed by atoms with Crippen molar-refractivity contribution in [2.24, 2.45) is 0 Å². The Kier molecular flexibility index (Phi) is 5.82. The number of rotatable bonds is 3. The van der Waals surface area contributed by atoms with Crippen LogP contribution in [0.25, 0.3) is 10.8 Å². The summed E-state index contributed by atoms with van der Waals surface area (Å²) in [5.74, 6) is -2.12. The van der Waals surface area contributed by atoms with Gasteiger partial charge in [0.15, 0.2) is 11.6 Å². The third-order valence-corrected chi connectivity index (χ3v) is 5.50. The lowest BCUT2D eigenvalue weighted by molar-refractivity contribution is 0.00578. The molecule has 31 heavy (non-hydrogen) atoms. The molecule has 0 radical (unpaired) electrons. The van der Waals surface area contributed by atoms with E-state index in [-0.39, 0.29) is 21.8 Å². The minimum absolute atomic E-state index is 0.0223. The summed E-state index contributed by atoms with van der Waals surface area (Å²) in [5, 5.41) is 2.30. The van der Waals surface area contributed by atoms with Gasteiger partial charge in [0.1, 0.15) is 5.60 Å². The molecular weight excluding hydrogens is 410 g/mol. The Labute approximate surface area is 180 Å². The predicted molar refractivity (Wildman–Crippen MR) is 113 cm³/mol. The number of carbonyl (C=O) groups excluding carboxylic acids is 1. The summed E-state index contributed by atoms with van der Waals surface area (Å²) >= 11 is 0. The van der Waals surface area contributed by atoms with Crippen LogP contribution in [0.2, 0.25) is 0 Å². The Morgan fingerprint density at radius 3 is 2.23 bits per heavy atom. The van der Waals surface area contributed by atoms with Gasteiger partial charge in [-0.05, 0) is 71.4 Å². The smallest absolute Gasteiger partial charge is 0.444 e. The fourth-order valence-corrected chi connectivity index (χ4v) is 3.25. The highest BCUT2D eigenvalue weighted by molar-refractivity contribution is 6.65. The molecule has 1 heterocycles. The summed E-state index contributed by atoms with van der Waals surface area (Å²) in [6, 6.07) is 4.96. The molecule has 1 aliphatic heterocycles. The van der Waals surface area contributed by atoms with Gasteiger partial charge in [-0.15, -0.1) is 0 Å². The van der Waals surface area contributed by atoms with Crippen molar-refractivity contribution in [3.8, 4) is 0 Å². The summed E-state index contributed by atoms with van der Waals surface area (Å²) < 4.78 is 60.8. The van der Waals surface area contributed by atoms with E-state index >= 15 is 0 Å². The second-order valence-electron chi connectivity index (χ2n) is 9.67. The number of ether oxygens (including phenoxy) is 1. The molecule has 9 heteroatoms. The molecule has 0 bridgehead atoms. The average molecular weight is 437 g/mol. The van der Waals surface area contributed by atoms with Crippen LogP contribution >= 0.6 is 0 Å². The monoisotopic (exact) mass is 437 g/mol. The van der Waals surface area contributed by atoms with Gasteiger partial charge in [-0.25, -0.2) is 18.0 Å². The Morgan fingerprint density at radius 1 is 1.10 bits per heavy atom. The Balaban J connectivity index is 2.06. The second kappa shape index (κ2) is 7.71. The van der Waals surface area contributed by atoms with Gasteiger partial charge in [0.05, 0.1) is 11.2 Å². The number of alkyl carbamates (subject to hydrolysis) is 1. The van der Waals surface area contributed by atoms with Gasteiger partial charge in [-0.2, -0.15) is 0 Å². The van der Waals surface area contributed by atoms with E-state index in [9.17, 15) is 18.0 Å². The number of halogens is 3. The van der Waals surface area contributed by atoms with Crippen LogP contribution in [-0.2, 0) is 14.0 Å². The number of hydrogen-bond acceptors (Lipinski definition) is 4. The molecule has 1 saturated heterocycles. The topological polar surface area (TPSA) is 56.8 Å². The van der Waals surface area contributed by atoms with E-state index in [0.717, 1.165) is 6.07 Å². The van der Waals surface area contributed by atoms with E-state index < -0.39 is 47.9 Å². The van der Waals surface area contributed by atoms with Gasteiger partial charge >= 0.3 is 13.2 Å². The zero-order chi connectivity index (χ0) is 23.4. The van der Waals surface area contributed by atoms with Crippen molar-refractivity contribution in [1.29, 1.82) is 0 Å². The molecule has 0 saturated carbocycles. The highest BCUT2D eigenvalue weighted by atomic mass is 19.2. The summed E-state index contributed by atoms with van der Waals surface area (Å²) in [7, 11) is -1.06. The highest BCUT2D eigenvalue weighted by Gasteiger charge is 2.52. The van der Waals surface area contributed by atoms with Crippen LogP contribution in [0.1, 0.15) is 60.3 Å².